The van der Waals surface area contributed by atoms with Gasteiger partial charge in [-0.25, -0.2) is 0 Å². The van der Waals surface area contributed by atoms with Gasteiger partial charge in [0.25, 0.3) is 0 Å². The monoisotopic (exact) mass is 576 g/mol. The Morgan fingerprint density at radius 2 is 1.02 bits per heavy atom. The maximum atomic E-state index is 6.46. The molecule has 9 aromatic rings. The Kier molecular flexibility index (Phi) is 5.82. The molecule has 2 aromatic heterocycles. The summed E-state index contributed by atoms with van der Waals surface area (Å²) in [5.41, 5.74) is 10.9. The van der Waals surface area contributed by atoms with Crippen molar-refractivity contribution in [1.29, 1.82) is 0 Å². The first kappa shape index (κ1) is 25.4. The number of fused-ring (bicyclic) bond motifs is 6. The van der Waals surface area contributed by atoms with Gasteiger partial charge in [0.2, 0.25) is 0 Å². The molecule has 3 nitrogen and oxygen atoms in total. The van der Waals surface area contributed by atoms with Gasteiger partial charge in [-0.15, -0.1) is 0 Å². The fraction of sp³-hybridized carbons (Fsp3) is 0. The maximum absolute atomic E-state index is 6.46. The topological polar surface area (TPSA) is 21.3 Å². The van der Waals surface area contributed by atoms with Crippen molar-refractivity contribution in [2.24, 2.45) is 0 Å². The minimum absolute atomic E-state index is 0.873. The predicted octanol–water partition coefficient (Wildman–Crippen LogP) is 11.8. The van der Waals surface area contributed by atoms with E-state index in [1.165, 1.54) is 27.4 Å². The molecule has 212 valence electrons. The van der Waals surface area contributed by atoms with Gasteiger partial charge < -0.3 is 13.9 Å². The summed E-state index contributed by atoms with van der Waals surface area (Å²) in [7, 11) is 0. The SMILES string of the molecule is c1ccc(N(c2ccccc2)c2cccc3oc4ccc(-c5ccc6c(c5)c5ccccc5n6-c5ccccc5)cc4c23)cc1. The van der Waals surface area contributed by atoms with Crippen LogP contribution in [0, 0.1) is 0 Å². The molecule has 2 heterocycles. The largest absolute Gasteiger partial charge is 0.456 e. The summed E-state index contributed by atoms with van der Waals surface area (Å²) in [6, 6.07) is 60.1. The van der Waals surface area contributed by atoms with Gasteiger partial charge in [0, 0.05) is 33.2 Å². The standard InChI is InChI=1S/C42H28N2O/c1-4-13-31(14-5-1)43(32-15-6-2-7-16-32)39-21-12-22-41-42(39)36-28-30(24-26-40(36)45-41)29-23-25-38-35(27-29)34-19-10-11-20-37(34)44(38)33-17-8-3-9-18-33/h1-28H. The van der Waals surface area contributed by atoms with Gasteiger partial charge in [-0.2, -0.15) is 0 Å². The highest BCUT2D eigenvalue weighted by Gasteiger charge is 2.20. The van der Waals surface area contributed by atoms with E-state index in [4.69, 9.17) is 4.42 Å². The summed E-state index contributed by atoms with van der Waals surface area (Å²) < 4.78 is 8.81. The van der Waals surface area contributed by atoms with E-state index < -0.39 is 0 Å². The molecule has 0 bridgehead atoms. The number of para-hydroxylation sites is 4. The van der Waals surface area contributed by atoms with E-state index in [1.54, 1.807) is 0 Å². The van der Waals surface area contributed by atoms with Crippen LogP contribution in [0.2, 0.25) is 0 Å². The average molecular weight is 577 g/mol. The first-order valence-corrected chi connectivity index (χ1v) is 15.3. The lowest BCUT2D eigenvalue weighted by atomic mass is 10.00. The number of benzene rings is 7. The molecule has 0 N–H and O–H groups in total. The Balaban J connectivity index is 1.25. The molecule has 0 spiro atoms. The molecule has 3 heteroatoms. The van der Waals surface area contributed by atoms with E-state index in [2.05, 4.69) is 179 Å². The normalized spacial score (nSPS) is 11.6. The molecular weight excluding hydrogens is 548 g/mol. The van der Waals surface area contributed by atoms with Crippen LogP contribution < -0.4 is 4.90 Å². The van der Waals surface area contributed by atoms with Gasteiger partial charge in [0.15, 0.2) is 0 Å². The zero-order valence-corrected chi connectivity index (χ0v) is 24.5. The zero-order chi connectivity index (χ0) is 29.7. The lowest BCUT2D eigenvalue weighted by Crippen LogP contribution is -2.09. The van der Waals surface area contributed by atoms with Crippen LogP contribution in [0.1, 0.15) is 0 Å². The van der Waals surface area contributed by atoms with E-state index in [0.717, 1.165) is 50.3 Å². The highest BCUT2D eigenvalue weighted by Crippen LogP contribution is 2.44. The number of hydrogen-bond acceptors (Lipinski definition) is 2. The van der Waals surface area contributed by atoms with Crippen molar-refractivity contribution in [3.8, 4) is 16.8 Å². The first-order chi connectivity index (χ1) is 22.3. The van der Waals surface area contributed by atoms with Crippen LogP contribution in [-0.2, 0) is 0 Å². The summed E-state index contributed by atoms with van der Waals surface area (Å²) in [5, 5.41) is 4.69. The van der Waals surface area contributed by atoms with Gasteiger partial charge in [-0.1, -0.05) is 91.0 Å². The van der Waals surface area contributed by atoms with Crippen LogP contribution in [0.15, 0.2) is 174 Å². The highest BCUT2D eigenvalue weighted by atomic mass is 16.3. The summed E-state index contributed by atoms with van der Waals surface area (Å²) >= 11 is 0. The summed E-state index contributed by atoms with van der Waals surface area (Å²) in [5.74, 6) is 0. The van der Waals surface area contributed by atoms with Crippen LogP contribution >= 0.6 is 0 Å². The lowest BCUT2D eigenvalue weighted by Gasteiger charge is -2.26. The first-order valence-electron chi connectivity index (χ1n) is 15.3. The van der Waals surface area contributed by atoms with Gasteiger partial charge in [-0.3, -0.25) is 0 Å². The third-order valence-electron chi connectivity index (χ3n) is 8.76. The average Bonchev–Trinajstić information content (AvgIpc) is 3.65. The number of hydrogen-bond donors (Lipinski definition) is 0. The van der Waals surface area contributed by atoms with Crippen LogP contribution in [0.5, 0.6) is 0 Å². The van der Waals surface area contributed by atoms with Crippen molar-refractivity contribution in [1.82, 2.24) is 4.57 Å². The van der Waals surface area contributed by atoms with Gasteiger partial charge in [0.05, 0.1) is 22.1 Å². The number of nitrogens with zero attached hydrogens (tertiary/aromatic N) is 2. The fourth-order valence-corrected chi connectivity index (χ4v) is 6.76. The van der Waals surface area contributed by atoms with E-state index in [0.29, 0.717) is 0 Å². The zero-order valence-electron chi connectivity index (χ0n) is 24.5. The molecular formula is C42H28N2O. The van der Waals surface area contributed by atoms with Gasteiger partial charge >= 0.3 is 0 Å². The van der Waals surface area contributed by atoms with Crippen molar-refractivity contribution in [2.45, 2.75) is 0 Å². The Bertz CT molecular complexity index is 2440. The molecule has 0 saturated heterocycles. The minimum Gasteiger partial charge on any atom is -0.456 e. The molecule has 45 heavy (non-hydrogen) atoms. The summed E-state index contributed by atoms with van der Waals surface area (Å²) in [4.78, 5) is 2.31. The van der Waals surface area contributed by atoms with Crippen molar-refractivity contribution >= 4 is 60.8 Å². The second kappa shape index (κ2) is 10.3. The Morgan fingerprint density at radius 3 is 1.76 bits per heavy atom. The van der Waals surface area contributed by atoms with Crippen LogP contribution in [-0.4, -0.2) is 4.57 Å². The summed E-state index contributed by atoms with van der Waals surface area (Å²) in [6.07, 6.45) is 0. The number of anilines is 3. The van der Waals surface area contributed by atoms with Crippen molar-refractivity contribution in [3.05, 3.63) is 170 Å². The molecule has 0 aliphatic heterocycles. The molecule has 0 saturated carbocycles. The molecule has 0 aliphatic carbocycles. The van der Waals surface area contributed by atoms with Gasteiger partial charge in [0.1, 0.15) is 11.2 Å². The minimum atomic E-state index is 0.873. The Labute approximate surface area is 260 Å². The fourth-order valence-electron chi connectivity index (χ4n) is 6.76. The number of aromatic nitrogens is 1. The quantitative estimate of drug-likeness (QED) is 0.203. The van der Waals surface area contributed by atoms with E-state index in [9.17, 15) is 0 Å². The van der Waals surface area contributed by atoms with Crippen LogP contribution in [0.25, 0.3) is 60.6 Å². The van der Waals surface area contributed by atoms with Crippen molar-refractivity contribution in [3.63, 3.8) is 0 Å². The number of furan rings is 1. The Hall–Kier alpha value is -6.06. The van der Waals surface area contributed by atoms with Gasteiger partial charge in [-0.05, 0) is 90.0 Å². The van der Waals surface area contributed by atoms with Crippen molar-refractivity contribution < 1.29 is 4.42 Å². The molecule has 0 unspecified atom stereocenters. The van der Waals surface area contributed by atoms with E-state index >= 15 is 0 Å². The second-order valence-electron chi connectivity index (χ2n) is 11.4. The molecule has 0 aliphatic rings. The molecule has 0 fully saturated rings. The predicted molar refractivity (Wildman–Crippen MR) is 188 cm³/mol. The third kappa shape index (κ3) is 4.13. The number of rotatable bonds is 5. The third-order valence-corrected chi connectivity index (χ3v) is 8.76. The van der Waals surface area contributed by atoms with Crippen LogP contribution in [0.4, 0.5) is 17.1 Å². The highest BCUT2D eigenvalue weighted by molar-refractivity contribution is 6.15. The van der Waals surface area contributed by atoms with E-state index in [1.807, 2.05) is 0 Å². The van der Waals surface area contributed by atoms with E-state index in [-0.39, 0.29) is 0 Å². The lowest BCUT2D eigenvalue weighted by molar-refractivity contribution is 0.669. The molecule has 0 atom stereocenters. The maximum Gasteiger partial charge on any atom is 0.137 e. The molecule has 9 rings (SSSR count). The molecule has 0 radical (unpaired) electrons. The molecule has 0 amide bonds. The summed E-state index contributed by atoms with van der Waals surface area (Å²) in [6.45, 7) is 0. The van der Waals surface area contributed by atoms with Crippen molar-refractivity contribution in [2.75, 3.05) is 4.90 Å². The second-order valence-corrected chi connectivity index (χ2v) is 11.4. The molecule has 7 aromatic carbocycles. The smallest absolute Gasteiger partial charge is 0.137 e. The van der Waals surface area contributed by atoms with Crippen LogP contribution in [0.3, 0.4) is 0 Å². The Morgan fingerprint density at radius 1 is 0.422 bits per heavy atom.